The topological polar surface area (TPSA) is 100 Å². The molecule has 0 fully saturated rings. The number of rotatable bonds is 9. The zero-order valence-electron chi connectivity index (χ0n) is 19.0. The van der Waals surface area contributed by atoms with Crippen molar-refractivity contribution in [2.45, 2.75) is 6.42 Å². The first-order valence-electron chi connectivity index (χ1n) is 11.2. The quantitative estimate of drug-likeness (QED) is 0.320. The summed E-state index contributed by atoms with van der Waals surface area (Å²) in [6, 6.07) is 27.8. The number of carbonyl (C=O) groups is 3. The lowest BCUT2D eigenvalue weighted by Gasteiger charge is -2.09. The summed E-state index contributed by atoms with van der Waals surface area (Å²) in [4.78, 5) is 36.5. The highest BCUT2D eigenvalue weighted by atomic mass is 16.3. The Morgan fingerprint density at radius 1 is 0.657 bits per heavy atom. The van der Waals surface area contributed by atoms with Crippen molar-refractivity contribution >= 4 is 23.4 Å². The third-order valence-corrected chi connectivity index (χ3v) is 5.30. The Hall–Kier alpha value is -4.65. The summed E-state index contributed by atoms with van der Waals surface area (Å²) in [5.41, 5.74) is 4.21. The molecule has 0 saturated heterocycles. The van der Waals surface area contributed by atoms with Gasteiger partial charge in [-0.15, -0.1) is 0 Å². The summed E-state index contributed by atoms with van der Waals surface area (Å²) in [5, 5.41) is 8.25. The zero-order chi connectivity index (χ0) is 24.5. The highest BCUT2D eigenvalue weighted by molar-refractivity contribution is 5.96. The SMILES string of the molecule is O=C(Cc1ccc(-c2ccccc2)cc1)Nc1ccc(C(=O)NCCNC(=O)c2ccco2)cc1. The van der Waals surface area contributed by atoms with Gasteiger partial charge in [0.05, 0.1) is 12.7 Å². The minimum Gasteiger partial charge on any atom is -0.459 e. The molecule has 7 nitrogen and oxygen atoms in total. The molecule has 0 aliphatic rings. The first-order chi connectivity index (χ1) is 17.1. The average Bonchev–Trinajstić information content (AvgIpc) is 3.43. The predicted molar refractivity (Wildman–Crippen MR) is 134 cm³/mol. The summed E-state index contributed by atoms with van der Waals surface area (Å²) >= 11 is 0. The molecule has 3 amide bonds. The number of benzene rings is 3. The van der Waals surface area contributed by atoms with Crippen molar-refractivity contribution in [1.82, 2.24) is 10.6 Å². The molecule has 0 spiro atoms. The molecule has 0 radical (unpaired) electrons. The van der Waals surface area contributed by atoms with Crippen LogP contribution in [0, 0.1) is 0 Å². The van der Waals surface area contributed by atoms with Gasteiger partial charge >= 0.3 is 0 Å². The van der Waals surface area contributed by atoms with Crippen molar-refractivity contribution < 1.29 is 18.8 Å². The summed E-state index contributed by atoms with van der Waals surface area (Å²) in [7, 11) is 0. The molecule has 35 heavy (non-hydrogen) atoms. The summed E-state index contributed by atoms with van der Waals surface area (Å²) < 4.78 is 5.01. The Kier molecular flexibility index (Phi) is 7.70. The maximum absolute atomic E-state index is 12.4. The number of hydrogen-bond acceptors (Lipinski definition) is 4. The standard InChI is InChI=1S/C28H25N3O4/c32-26(19-20-8-10-22(11-9-20)21-5-2-1-3-6-21)31-24-14-12-23(13-15-24)27(33)29-16-17-30-28(34)25-7-4-18-35-25/h1-15,18H,16-17,19H2,(H,29,33)(H,30,34)(H,31,32). The molecule has 0 aliphatic carbocycles. The number of hydrogen-bond donors (Lipinski definition) is 3. The molecule has 176 valence electrons. The van der Waals surface area contributed by atoms with Crippen LogP contribution in [0.5, 0.6) is 0 Å². The summed E-state index contributed by atoms with van der Waals surface area (Å²) in [6.07, 6.45) is 1.67. The largest absolute Gasteiger partial charge is 0.459 e. The van der Waals surface area contributed by atoms with Crippen LogP contribution in [0.4, 0.5) is 5.69 Å². The van der Waals surface area contributed by atoms with E-state index in [0.29, 0.717) is 11.3 Å². The molecule has 4 rings (SSSR count). The molecule has 0 bridgehead atoms. The first kappa shape index (κ1) is 23.5. The minimum absolute atomic E-state index is 0.137. The third-order valence-electron chi connectivity index (χ3n) is 5.30. The van der Waals surface area contributed by atoms with Crippen molar-refractivity contribution in [3.8, 4) is 11.1 Å². The van der Waals surface area contributed by atoms with Gasteiger partial charge in [-0.2, -0.15) is 0 Å². The second kappa shape index (κ2) is 11.5. The van der Waals surface area contributed by atoms with Crippen LogP contribution in [-0.2, 0) is 11.2 Å². The highest BCUT2D eigenvalue weighted by Crippen LogP contribution is 2.19. The average molecular weight is 468 g/mol. The van der Waals surface area contributed by atoms with Crippen molar-refractivity contribution in [3.05, 3.63) is 114 Å². The lowest BCUT2D eigenvalue weighted by molar-refractivity contribution is -0.115. The van der Waals surface area contributed by atoms with Crippen molar-refractivity contribution in [2.75, 3.05) is 18.4 Å². The normalized spacial score (nSPS) is 10.4. The monoisotopic (exact) mass is 467 g/mol. The van der Waals surface area contributed by atoms with Gasteiger partial charge in [-0.3, -0.25) is 14.4 Å². The van der Waals surface area contributed by atoms with E-state index < -0.39 is 0 Å². The number of anilines is 1. The van der Waals surface area contributed by atoms with E-state index in [-0.39, 0.29) is 43.0 Å². The predicted octanol–water partition coefficient (Wildman–Crippen LogP) is 4.29. The molecule has 3 aromatic carbocycles. The van der Waals surface area contributed by atoms with E-state index in [1.807, 2.05) is 54.6 Å². The third kappa shape index (κ3) is 6.68. The number of furan rings is 1. The molecular formula is C28H25N3O4. The molecule has 4 aromatic rings. The second-order valence-corrected chi connectivity index (χ2v) is 7.85. The van der Waals surface area contributed by atoms with E-state index in [1.165, 1.54) is 6.26 Å². The Morgan fingerprint density at radius 3 is 1.97 bits per heavy atom. The van der Waals surface area contributed by atoms with Gasteiger partial charge in [-0.25, -0.2) is 0 Å². The van der Waals surface area contributed by atoms with Crippen LogP contribution >= 0.6 is 0 Å². The minimum atomic E-state index is -0.337. The number of nitrogens with one attached hydrogen (secondary N) is 3. The van der Waals surface area contributed by atoms with Crippen LogP contribution in [0.15, 0.2) is 102 Å². The van der Waals surface area contributed by atoms with Crippen molar-refractivity contribution in [1.29, 1.82) is 0 Å². The van der Waals surface area contributed by atoms with Crippen molar-refractivity contribution in [3.63, 3.8) is 0 Å². The fourth-order valence-corrected chi connectivity index (χ4v) is 3.49. The molecule has 3 N–H and O–H groups in total. The van der Waals surface area contributed by atoms with Crippen molar-refractivity contribution in [2.24, 2.45) is 0 Å². The van der Waals surface area contributed by atoms with Crippen LogP contribution < -0.4 is 16.0 Å². The van der Waals surface area contributed by atoms with Gasteiger partial charge in [-0.05, 0) is 53.1 Å². The van der Waals surface area contributed by atoms with Gasteiger partial charge in [0, 0.05) is 24.3 Å². The van der Waals surface area contributed by atoms with Gasteiger partial charge in [0.15, 0.2) is 5.76 Å². The Morgan fingerprint density at radius 2 is 1.31 bits per heavy atom. The second-order valence-electron chi connectivity index (χ2n) is 7.85. The summed E-state index contributed by atoms with van der Waals surface area (Å²) in [6.45, 7) is 0.540. The molecule has 0 unspecified atom stereocenters. The van der Waals surface area contributed by atoms with Crippen LogP contribution in [0.2, 0.25) is 0 Å². The van der Waals surface area contributed by atoms with Gasteiger partial charge in [0.2, 0.25) is 5.91 Å². The first-order valence-corrected chi connectivity index (χ1v) is 11.2. The van der Waals surface area contributed by atoms with E-state index in [9.17, 15) is 14.4 Å². The number of carbonyl (C=O) groups excluding carboxylic acids is 3. The van der Waals surface area contributed by atoms with Crippen LogP contribution in [0.3, 0.4) is 0 Å². The Labute approximate surface area is 203 Å². The molecule has 1 heterocycles. The lowest BCUT2D eigenvalue weighted by atomic mass is 10.0. The molecule has 1 aromatic heterocycles. The highest BCUT2D eigenvalue weighted by Gasteiger charge is 2.09. The lowest BCUT2D eigenvalue weighted by Crippen LogP contribution is -2.34. The van der Waals surface area contributed by atoms with E-state index in [0.717, 1.165) is 16.7 Å². The van der Waals surface area contributed by atoms with Gasteiger partial charge < -0.3 is 20.4 Å². The van der Waals surface area contributed by atoms with Crippen LogP contribution in [0.1, 0.15) is 26.5 Å². The number of amides is 3. The fraction of sp³-hybridized carbons (Fsp3) is 0.107. The molecule has 0 atom stereocenters. The van der Waals surface area contributed by atoms with E-state index in [4.69, 9.17) is 4.42 Å². The zero-order valence-corrected chi connectivity index (χ0v) is 19.0. The Balaban J connectivity index is 1.21. The van der Waals surface area contributed by atoms with Gasteiger partial charge in [0.25, 0.3) is 11.8 Å². The van der Waals surface area contributed by atoms with Crippen LogP contribution in [0.25, 0.3) is 11.1 Å². The molecule has 0 saturated carbocycles. The van der Waals surface area contributed by atoms with E-state index >= 15 is 0 Å². The van der Waals surface area contributed by atoms with E-state index in [1.54, 1.807) is 36.4 Å². The fourth-order valence-electron chi connectivity index (χ4n) is 3.49. The molecule has 7 heteroatoms. The smallest absolute Gasteiger partial charge is 0.287 e. The van der Waals surface area contributed by atoms with Gasteiger partial charge in [-0.1, -0.05) is 54.6 Å². The summed E-state index contributed by atoms with van der Waals surface area (Å²) in [5.74, 6) is -0.523. The maximum atomic E-state index is 12.4. The Bertz CT molecular complexity index is 1270. The van der Waals surface area contributed by atoms with E-state index in [2.05, 4.69) is 16.0 Å². The van der Waals surface area contributed by atoms with Crippen LogP contribution in [-0.4, -0.2) is 30.8 Å². The van der Waals surface area contributed by atoms with Gasteiger partial charge in [0.1, 0.15) is 0 Å². The molecule has 0 aliphatic heterocycles. The maximum Gasteiger partial charge on any atom is 0.287 e. The molecular weight excluding hydrogens is 442 g/mol.